The van der Waals surface area contributed by atoms with E-state index in [4.69, 9.17) is 4.74 Å². The third kappa shape index (κ3) is 5.57. The third-order valence-electron chi connectivity index (χ3n) is 4.75. The van der Waals surface area contributed by atoms with Crippen LogP contribution in [0.15, 0.2) is 66.9 Å². The summed E-state index contributed by atoms with van der Waals surface area (Å²) in [6, 6.07) is 19.5. The van der Waals surface area contributed by atoms with Crippen LogP contribution in [0.25, 0.3) is 0 Å². The number of nitrogens with one attached hydrogen (secondary N) is 2. The van der Waals surface area contributed by atoms with Crippen molar-refractivity contribution in [3.63, 3.8) is 0 Å². The van der Waals surface area contributed by atoms with E-state index >= 15 is 0 Å². The van der Waals surface area contributed by atoms with Gasteiger partial charge in [0.25, 0.3) is 5.91 Å². The highest BCUT2D eigenvalue weighted by atomic mass is 16.5. The van der Waals surface area contributed by atoms with E-state index < -0.39 is 0 Å². The summed E-state index contributed by atoms with van der Waals surface area (Å²) in [4.78, 5) is 16.8. The maximum Gasteiger partial charge on any atom is 0.257 e. The van der Waals surface area contributed by atoms with E-state index in [-0.39, 0.29) is 5.91 Å². The second-order valence-corrected chi connectivity index (χ2v) is 7.15. The Kier molecular flexibility index (Phi) is 6.85. The van der Waals surface area contributed by atoms with E-state index in [1.165, 1.54) is 5.56 Å². The van der Waals surface area contributed by atoms with Gasteiger partial charge in [-0.05, 0) is 53.8 Å². The first-order valence-corrected chi connectivity index (χ1v) is 9.80. The molecule has 2 N–H and O–H groups in total. The van der Waals surface area contributed by atoms with Crippen molar-refractivity contribution in [2.45, 2.75) is 26.2 Å². The Morgan fingerprint density at radius 2 is 1.79 bits per heavy atom. The fraction of sp³-hybridized carbons (Fsp3) is 0.250. The minimum Gasteiger partial charge on any atom is -0.496 e. The summed E-state index contributed by atoms with van der Waals surface area (Å²) >= 11 is 0. The number of aromatic nitrogens is 1. The Morgan fingerprint density at radius 1 is 1.03 bits per heavy atom. The van der Waals surface area contributed by atoms with Crippen molar-refractivity contribution in [1.29, 1.82) is 0 Å². The van der Waals surface area contributed by atoms with E-state index in [9.17, 15) is 4.79 Å². The number of rotatable bonds is 8. The van der Waals surface area contributed by atoms with Gasteiger partial charge in [0.1, 0.15) is 11.6 Å². The minimum atomic E-state index is -0.171. The van der Waals surface area contributed by atoms with Gasteiger partial charge in [-0.15, -0.1) is 0 Å². The molecule has 1 aromatic heterocycles. The molecule has 0 saturated heterocycles. The van der Waals surface area contributed by atoms with Crippen LogP contribution in [0.1, 0.15) is 41.3 Å². The summed E-state index contributed by atoms with van der Waals surface area (Å²) < 4.78 is 5.37. The molecular formula is C24H27N3O2. The number of benzene rings is 2. The first-order valence-electron chi connectivity index (χ1n) is 9.80. The monoisotopic (exact) mass is 389 g/mol. The number of hydrogen-bond acceptors (Lipinski definition) is 4. The zero-order valence-corrected chi connectivity index (χ0v) is 17.1. The second kappa shape index (κ2) is 9.73. The molecule has 0 aliphatic rings. The van der Waals surface area contributed by atoms with Crippen molar-refractivity contribution in [3.05, 3.63) is 83.6 Å². The fourth-order valence-corrected chi connectivity index (χ4v) is 3.02. The molecular weight excluding hydrogens is 362 g/mol. The maximum atomic E-state index is 12.4. The fourth-order valence-electron chi connectivity index (χ4n) is 3.02. The van der Waals surface area contributed by atoms with Crippen LogP contribution in [-0.2, 0) is 6.42 Å². The van der Waals surface area contributed by atoms with E-state index in [1.807, 2.05) is 48.5 Å². The van der Waals surface area contributed by atoms with Gasteiger partial charge in [-0.1, -0.05) is 44.2 Å². The van der Waals surface area contributed by atoms with E-state index in [0.717, 1.165) is 35.8 Å². The number of ether oxygens (including phenoxy) is 1. The topological polar surface area (TPSA) is 63.2 Å². The maximum absolute atomic E-state index is 12.4. The Hall–Kier alpha value is -3.34. The highest BCUT2D eigenvalue weighted by Gasteiger charge is 2.08. The van der Waals surface area contributed by atoms with Crippen molar-refractivity contribution in [2.75, 3.05) is 24.3 Å². The van der Waals surface area contributed by atoms with Gasteiger partial charge in [0.05, 0.1) is 12.7 Å². The zero-order chi connectivity index (χ0) is 20.6. The van der Waals surface area contributed by atoms with Crippen LogP contribution in [0.3, 0.4) is 0 Å². The highest BCUT2D eigenvalue weighted by Crippen LogP contribution is 2.19. The molecule has 0 aliphatic heterocycles. The zero-order valence-electron chi connectivity index (χ0n) is 17.1. The lowest BCUT2D eigenvalue weighted by molar-refractivity contribution is 0.102. The minimum absolute atomic E-state index is 0.171. The van der Waals surface area contributed by atoms with E-state index in [2.05, 4.69) is 35.5 Å². The van der Waals surface area contributed by atoms with Gasteiger partial charge in [0, 0.05) is 18.4 Å². The molecule has 0 radical (unpaired) electrons. The van der Waals surface area contributed by atoms with Gasteiger partial charge in [0.2, 0.25) is 0 Å². The van der Waals surface area contributed by atoms with Crippen molar-refractivity contribution in [1.82, 2.24) is 4.98 Å². The molecule has 5 heteroatoms. The lowest BCUT2D eigenvalue weighted by Gasteiger charge is -2.10. The predicted octanol–water partition coefficient (Wildman–Crippen LogP) is 5.12. The summed E-state index contributed by atoms with van der Waals surface area (Å²) in [7, 11) is 1.68. The first-order chi connectivity index (χ1) is 14.1. The quantitative estimate of drug-likeness (QED) is 0.561. The molecule has 3 rings (SSSR count). The summed E-state index contributed by atoms with van der Waals surface area (Å²) in [6.07, 6.45) is 2.41. The SMILES string of the molecule is COc1ccccc1CCNc1ccc(C(=O)Nc2ccc(C(C)C)cc2)cn1. The van der Waals surface area contributed by atoms with Gasteiger partial charge < -0.3 is 15.4 Å². The average Bonchev–Trinajstić information content (AvgIpc) is 2.75. The lowest BCUT2D eigenvalue weighted by atomic mass is 10.0. The van der Waals surface area contributed by atoms with Gasteiger partial charge in [0.15, 0.2) is 0 Å². The van der Waals surface area contributed by atoms with Crippen LogP contribution in [0.2, 0.25) is 0 Å². The van der Waals surface area contributed by atoms with Crippen molar-refractivity contribution in [3.8, 4) is 5.75 Å². The molecule has 0 saturated carbocycles. The molecule has 0 fully saturated rings. The number of methoxy groups -OCH3 is 1. The number of amides is 1. The largest absolute Gasteiger partial charge is 0.496 e. The summed E-state index contributed by atoms with van der Waals surface area (Å²) in [5.74, 6) is 1.91. The van der Waals surface area contributed by atoms with Gasteiger partial charge in [-0.2, -0.15) is 0 Å². The van der Waals surface area contributed by atoms with Crippen LogP contribution >= 0.6 is 0 Å². The van der Waals surface area contributed by atoms with Gasteiger partial charge in [-0.3, -0.25) is 4.79 Å². The summed E-state index contributed by atoms with van der Waals surface area (Å²) in [5.41, 5.74) is 3.68. The van der Waals surface area contributed by atoms with Crippen LogP contribution in [0.4, 0.5) is 11.5 Å². The first kappa shape index (κ1) is 20.4. The van der Waals surface area contributed by atoms with Gasteiger partial charge in [-0.25, -0.2) is 4.98 Å². The summed E-state index contributed by atoms with van der Waals surface area (Å²) in [6.45, 7) is 5.01. The molecule has 1 heterocycles. The van der Waals surface area contributed by atoms with E-state index in [0.29, 0.717) is 11.5 Å². The number of carbonyl (C=O) groups excluding carboxylic acids is 1. The van der Waals surface area contributed by atoms with Crippen molar-refractivity contribution in [2.24, 2.45) is 0 Å². The molecule has 1 amide bonds. The summed E-state index contributed by atoms with van der Waals surface area (Å²) in [5, 5.41) is 6.19. The molecule has 0 bridgehead atoms. The number of hydrogen-bond donors (Lipinski definition) is 2. The second-order valence-electron chi connectivity index (χ2n) is 7.15. The van der Waals surface area contributed by atoms with Crippen LogP contribution in [-0.4, -0.2) is 24.5 Å². The molecule has 0 spiro atoms. The number of carbonyl (C=O) groups is 1. The average molecular weight is 389 g/mol. The van der Waals surface area contributed by atoms with Crippen LogP contribution in [0.5, 0.6) is 5.75 Å². The smallest absolute Gasteiger partial charge is 0.257 e. The Labute approximate surface area is 172 Å². The normalized spacial score (nSPS) is 10.6. The highest BCUT2D eigenvalue weighted by molar-refractivity contribution is 6.04. The molecule has 0 aliphatic carbocycles. The molecule has 29 heavy (non-hydrogen) atoms. The molecule has 150 valence electrons. The number of pyridine rings is 1. The Bertz CT molecular complexity index is 935. The third-order valence-corrected chi connectivity index (χ3v) is 4.75. The number of para-hydroxylation sites is 1. The number of nitrogens with zero attached hydrogens (tertiary/aromatic N) is 1. The molecule has 3 aromatic rings. The van der Waals surface area contributed by atoms with Gasteiger partial charge >= 0.3 is 0 Å². The van der Waals surface area contributed by atoms with E-state index in [1.54, 1.807) is 19.4 Å². The Morgan fingerprint density at radius 3 is 2.45 bits per heavy atom. The predicted molar refractivity (Wildman–Crippen MR) is 118 cm³/mol. The number of anilines is 2. The van der Waals surface area contributed by atoms with Crippen molar-refractivity contribution >= 4 is 17.4 Å². The van der Waals surface area contributed by atoms with Crippen LogP contribution in [0, 0.1) is 0 Å². The lowest BCUT2D eigenvalue weighted by Crippen LogP contribution is -2.13. The van der Waals surface area contributed by atoms with Crippen molar-refractivity contribution < 1.29 is 9.53 Å². The Balaban J connectivity index is 1.53. The molecule has 0 unspecified atom stereocenters. The molecule has 5 nitrogen and oxygen atoms in total. The van der Waals surface area contributed by atoms with Crippen LogP contribution < -0.4 is 15.4 Å². The molecule has 0 atom stereocenters. The molecule has 2 aromatic carbocycles. The standard InChI is InChI=1S/C24H27N3O2/c1-17(2)18-8-11-21(12-9-18)27-24(28)20-10-13-23(26-16-20)25-15-14-19-6-4-5-7-22(19)29-3/h4-13,16-17H,14-15H2,1-3H3,(H,25,26)(H,27,28).